The lowest BCUT2D eigenvalue weighted by Crippen LogP contribution is -2.41. The molecule has 0 saturated heterocycles. The highest BCUT2D eigenvalue weighted by Crippen LogP contribution is 2.34. The van der Waals surface area contributed by atoms with Gasteiger partial charge in [0.25, 0.3) is 0 Å². The largest absolute Gasteiger partial charge is 0.423 e. The van der Waals surface area contributed by atoms with E-state index in [1.807, 2.05) is 17.5 Å². The molecule has 9 heteroatoms. The van der Waals surface area contributed by atoms with Gasteiger partial charge in [-0.25, -0.2) is 9.78 Å². The number of benzene rings is 1. The molecule has 1 aliphatic rings. The molecule has 136 valence electrons. The van der Waals surface area contributed by atoms with Crippen LogP contribution in [0, 0.1) is 0 Å². The second-order valence-electron chi connectivity index (χ2n) is 5.76. The van der Waals surface area contributed by atoms with E-state index >= 15 is 0 Å². The van der Waals surface area contributed by atoms with Crippen LogP contribution >= 0.6 is 22.9 Å². The van der Waals surface area contributed by atoms with Gasteiger partial charge in [0, 0.05) is 28.4 Å². The molecule has 1 N–H and O–H groups in total. The second kappa shape index (κ2) is 7.34. The van der Waals surface area contributed by atoms with Gasteiger partial charge in [0.05, 0.1) is 17.9 Å². The summed E-state index contributed by atoms with van der Waals surface area (Å²) in [7, 11) is 0. The van der Waals surface area contributed by atoms with E-state index in [2.05, 4.69) is 15.3 Å². The van der Waals surface area contributed by atoms with Crippen molar-refractivity contribution < 1.29 is 14.3 Å². The van der Waals surface area contributed by atoms with Gasteiger partial charge in [0.2, 0.25) is 5.91 Å². The van der Waals surface area contributed by atoms with E-state index < -0.39 is 5.97 Å². The standard InChI is InChI=1S/C18H13ClN4O3S/c19-12-1-2-15-14(7-12)23(9-17(25)26-15)8-16(24)22-18-21-13(10-27-18)11-3-5-20-6-4-11/h1-7,10H,8-9H2,(H,21,22,24). The number of halogens is 1. The number of pyridine rings is 1. The van der Waals surface area contributed by atoms with E-state index in [4.69, 9.17) is 16.3 Å². The van der Waals surface area contributed by atoms with Crippen LogP contribution in [-0.2, 0) is 9.59 Å². The van der Waals surface area contributed by atoms with Crippen molar-refractivity contribution >= 4 is 45.6 Å². The molecule has 27 heavy (non-hydrogen) atoms. The number of nitrogens with one attached hydrogen (secondary N) is 1. The van der Waals surface area contributed by atoms with E-state index in [0.717, 1.165) is 11.3 Å². The minimum atomic E-state index is -0.424. The van der Waals surface area contributed by atoms with E-state index in [0.29, 0.717) is 21.6 Å². The molecule has 4 rings (SSSR count). The SMILES string of the molecule is O=C(CN1CC(=O)Oc2ccc(Cl)cc21)Nc1nc(-c2ccncc2)cs1. The average molecular weight is 401 g/mol. The highest BCUT2D eigenvalue weighted by Gasteiger charge is 2.26. The summed E-state index contributed by atoms with van der Waals surface area (Å²) in [5, 5.41) is 5.61. The van der Waals surface area contributed by atoms with Crippen LogP contribution in [-0.4, -0.2) is 34.9 Å². The molecule has 0 atom stereocenters. The highest BCUT2D eigenvalue weighted by molar-refractivity contribution is 7.14. The zero-order chi connectivity index (χ0) is 18.8. The molecule has 0 radical (unpaired) electrons. The monoisotopic (exact) mass is 400 g/mol. The van der Waals surface area contributed by atoms with Crippen LogP contribution in [0.5, 0.6) is 5.75 Å². The minimum Gasteiger partial charge on any atom is -0.423 e. The zero-order valence-corrected chi connectivity index (χ0v) is 15.5. The van der Waals surface area contributed by atoms with Gasteiger partial charge < -0.3 is 15.0 Å². The first-order valence-electron chi connectivity index (χ1n) is 7.99. The number of thiazole rings is 1. The molecule has 0 aliphatic carbocycles. The lowest BCUT2D eigenvalue weighted by Gasteiger charge is -2.29. The molecule has 7 nitrogen and oxygen atoms in total. The average Bonchev–Trinajstić information content (AvgIpc) is 3.11. The Morgan fingerprint density at radius 1 is 1.30 bits per heavy atom. The molecule has 2 aromatic heterocycles. The van der Waals surface area contributed by atoms with E-state index in [-0.39, 0.29) is 19.0 Å². The molecule has 1 aromatic carbocycles. The van der Waals surface area contributed by atoms with Crippen LogP contribution in [0.2, 0.25) is 5.02 Å². The first-order valence-corrected chi connectivity index (χ1v) is 9.25. The fourth-order valence-electron chi connectivity index (χ4n) is 2.68. The number of carbonyl (C=O) groups is 2. The topological polar surface area (TPSA) is 84.4 Å². The van der Waals surface area contributed by atoms with Crippen molar-refractivity contribution in [2.45, 2.75) is 0 Å². The number of aromatic nitrogens is 2. The van der Waals surface area contributed by atoms with Gasteiger partial charge in [-0.15, -0.1) is 11.3 Å². The smallest absolute Gasteiger partial charge is 0.331 e. The van der Waals surface area contributed by atoms with Crippen molar-refractivity contribution in [2.75, 3.05) is 23.3 Å². The Kier molecular flexibility index (Phi) is 4.74. The van der Waals surface area contributed by atoms with E-state index in [9.17, 15) is 9.59 Å². The predicted octanol–water partition coefficient (Wildman–Crippen LogP) is 3.22. The number of carbonyl (C=O) groups excluding carboxylic acids is 2. The third-order valence-corrected chi connectivity index (χ3v) is 4.86. The van der Waals surface area contributed by atoms with Gasteiger partial charge in [0.1, 0.15) is 6.54 Å². The summed E-state index contributed by atoms with van der Waals surface area (Å²) < 4.78 is 5.18. The number of fused-ring (bicyclic) bond motifs is 1. The Morgan fingerprint density at radius 3 is 2.93 bits per heavy atom. The maximum absolute atomic E-state index is 12.4. The Bertz CT molecular complexity index is 1010. The molecule has 0 bridgehead atoms. The molecule has 0 saturated carbocycles. The van der Waals surface area contributed by atoms with Gasteiger partial charge >= 0.3 is 5.97 Å². The number of nitrogens with zero attached hydrogens (tertiary/aromatic N) is 3. The molecule has 1 amide bonds. The number of ether oxygens (including phenoxy) is 1. The lowest BCUT2D eigenvalue weighted by atomic mass is 10.2. The third kappa shape index (κ3) is 3.91. The van der Waals surface area contributed by atoms with Crippen LogP contribution in [0.4, 0.5) is 10.8 Å². The Morgan fingerprint density at radius 2 is 2.11 bits per heavy atom. The molecule has 0 spiro atoms. The van der Waals surface area contributed by atoms with Crippen LogP contribution in [0.1, 0.15) is 0 Å². The summed E-state index contributed by atoms with van der Waals surface area (Å²) in [5.74, 6) is -0.323. The van der Waals surface area contributed by atoms with Crippen LogP contribution in [0.15, 0.2) is 48.1 Å². The number of esters is 1. The Labute approximate surface area is 163 Å². The lowest BCUT2D eigenvalue weighted by molar-refractivity contribution is -0.133. The summed E-state index contributed by atoms with van der Waals surface area (Å²) in [6.07, 6.45) is 3.37. The zero-order valence-electron chi connectivity index (χ0n) is 13.9. The van der Waals surface area contributed by atoms with Gasteiger partial charge in [-0.3, -0.25) is 9.78 Å². The van der Waals surface area contributed by atoms with Crippen molar-refractivity contribution in [3.63, 3.8) is 0 Å². The molecular weight excluding hydrogens is 388 g/mol. The van der Waals surface area contributed by atoms with Crippen LogP contribution in [0.3, 0.4) is 0 Å². The predicted molar refractivity (Wildman–Crippen MR) is 103 cm³/mol. The first kappa shape index (κ1) is 17.4. The van der Waals surface area contributed by atoms with E-state index in [1.54, 1.807) is 35.5 Å². The van der Waals surface area contributed by atoms with Crippen molar-refractivity contribution in [1.29, 1.82) is 0 Å². The van der Waals surface area contributed by atoms with Gasteiger partial charge in [-0.05, 0) is 30.3 Å². The Hall–Kier alpha value is -2.97. The van der Waals surface area contributed by atoms with Crippen molar-refractivity contribution in [2.24, 2.45) is 0 Å². The summed E-state index contributed by atoms with van der Waals surface area (Å²) in [6, 6.07) is 8.61. The maximum atomic E-state index is 12.4. The molecule has 3 heterocycles. The number of hydrogen-bond acceptors (Lipinski definition) is 7. The van der Waals surface area contributed by atoms with E-state index in [1.165, 1.54) is 11.3 Å². The summed E-state index contributed by atoms with van der Waals surface area (Å²) >= 11 is 7.35. The highest BCUT2D eigenvalue weighted by atomic mass is 35.5. The number of rotatable bonds is 4. The van der Waals surface area contributed by atoms with Gasteiger partial charge in [0.15, 0.2) is 10.9 Å². The fraction of sp³-hybridized carbons (Fsp3) is 0.111. The minimum absolute atomic E-state index is 0.0212. The Balaban J connectivity index is 1.47. The molecule has 1 aliphatic heterocycles. The summed E-state index contributed by atoms with van der Waals surface area (Å²) in [5.41, 5.74) is 2.29. The summed E-state index contributed by atoms with van der Waals surface area (Å²) in [6.45, 7) is -0.0481. The molecule has 0 unspecified atom stereocenters. The number of anilines is 2. The first-order chi connectivity index (χ1) is 13.1. The van der Waals surface area contributed by atoms with Gasteiger partial charge in [-0.2, -0.15) is 0 Å². The van der Waals surface area contributed by atoms with Crippen molar-refractivity contribution in [1.82, 2.24) is 9.97 Å². The molecular formula is C18H13ClN4O3S. The summed E-state index contributed by atoms with van der Waals surface area (Å²) in [4.78, 5) is 34.2. The van der Waals surface area contributed by atoms with Crippen molar-refractivity contribution in [3.05, 3.63) is 53.1 Å². The fourth-order valence-corrected chi connectivity index (χ4v) is 3.58. The number of amides is 1. The van der Waals surface area contributed by atoms with Crippen molar-refractivity contribution in [3.8, 4) is 17.0 Å². The van der Waals surface area contributed by atoms with Crippen LogP contribution < -0.4 is 15.0 Å². The second-order valence-corrected chi connectivity index (χ2v) is 7.06. The van der Waals surface area contributed by atoms with Crippen LogP contribution in [0.25, 0.3) is 11.3 Å². The normalized spacial score (nSPS) is 13.1. The molecule has 3 aromatic rings. The molecule has 0 fully saturated rings. The van der Waals surface area contributed by atoms with Gasteiger partial charge in [-0.1, -0.05) is 11.6 Å². The third-order valence-electron chi connectivity index (χ3n) is 3.87. The quantitative estimate of drug-likeness (QED) is 0.534. The maximum Gasteiger partial charge on any atom is 0.331 e. The number of hydrogen-bond donors (Lipinski definition) is 1.